The van der Waals surface area contributed by atoms with Crippen LogP contribution in [0.5, 0.6) is 12.0 Å². The van der Waals surface area contributed by atoms with E-state index in [0.717, 1.165) is 30.4 Å². The van der Waals surface area contributed by atoms with Gasteiger partial charge >= 0.3 is 12.0 Å². The maximum absolute atomic E-state index is 13.2. The number of nitrogens with zero attached hydrogens (tertiary/aromatic N) is 3. The van der Waals surface area contributed by atoms with Crippen molar-refractivity contribution in [2.24, 2.45) is 5.92 Å². The van der Waals surface area contributed by atoms with Gasteiger partial charge in [0.25, 0.3) is 5.91 Å². The lowest BCUT2D eigenvalue weighted by Gasteiger charge is -2.22. The summed E-state index contributed by atoms with van der Waals surface area (Å²) in [4.78, 5) is 50.4. The summed E-state index contributed by atoms with van der Waals surface area (Å²) in [5.74, 6) is -0.497. The van der Waals surface area contributed by atoms with E-state index < -0.39 is 6.04 Å². The molecule has 0 radical (unpaired) electrons. The molecule has 0 saturated heterocycles. The highest BCUT2D eigenvalue weighted by Crippen LogP contribution is 2.16. The minimum Gasteiger partial charge on any atom is -0.461 e. The van der Waals surface area contributed by atoms with Gasteiger partial charge in [-0.15, -0.1) is 4.98 Å². The van der Waals surface area contributed by atoms with Crippen molar-refractivity contribution in [1.82, 2.24) is 30.9 Å². The van der Waals surface area contributed by atoms with E-state index in [1.54, 1.807) is 24.3 Å². The van der Waals surface area contributed by atoms with E-state index >= 15 is 0 Å². The molecule has 1 heterocycles. The molecule has 12 nitrogen and oxygen atoms in total. The van der Waals surface area contributed by atoms with Crippen molar-refractivity contribution < 1.29 is 23.9 Å². The number of nitrogens with one attached hydrogen (secondary N) is 4. The largest absolute Gasteiger partial charge is 0.461 e. The molecule has 1 atom stereocenters. The third-order valence-electron chi connectivity index (χ3n) is 6.73. The first kappa shape index (κ1) is 34.7. The van der Waals surface area contributed by atoms with Crippen LogP contribution in [0, 0.1) is 12.8 Å². The van der Waals surface area contributed by atoms with Crippen LogP contribution >= 0.6 is 0 Å². The monoisotopic (exact) mass is 619 g/mol. The molecule has 0 aliphatic rings. The van der Waals surface area contributed by atoms with Crippen LogP contribution < -0.4 is 30.7 Å². The molecule has 1 aromatic heterocycles. The Kier molecular flexibility index (Phi) is 14.5. The predicted octanol–water partition coefficient (Wildman–Crippen LogP) is 3.82. The second kappa shape index (κ2) is 18.8. The van der Waals surface area contributed by atoms with Gasteiger partial charge in [0.1, 0.15) is 19.3 Å². The minimum absolute atomic E-state index is 0.0291. The molecular weight excluding hydrogens is 574 g/mol. The lowest BCUT2D eigenvalue weighted by Crippen LogP contribution is -2.43. The standard InChI is InChI=1S/C33H45N7O5/c1-5-6-8-13-27(41)34-18-20-44-32-38-31(37-28(23(2)3)30(43)36-22-25-16-14-24(4)15-17-25)39-33(40-32)45-21-19-35-29(42)26-11-9-7-10-12-26/h7,9-12,14-17,23,28H,5-6,8,13,18-22H2,1-4H3,(H,34,41)(H,35,42)(H,36,43)(H,37,38,39,40)/t28-/m0/s1. The topological polar surface area (TPSA) is 156 Å². The van der Waals surface area contributed by atoms with Crippen molar-refractivity contribution in [2.75, 3.05) is 31.6 Å². The Balaban J connectivity index is 1.64. The van der Waals surface area contributed by atoms with Crippen LogP contribution in [0.4, 0.5) is 5.95 Å². The molecule has 0 aliphatic heterocycles. The van der Waals surface area contributed by atoms with Crippen molar-refractivity contribution >= 4 is 23.7 Å². The summed E-state index contributed by atoms with van der Waals surface area (Å²) in [6.07, 6.45) is 3.36. The predicted molar refractivity (Wildman–Crippen MR) is 172 cm³/mol. The molecule has 0 aliphatic carbocycles. The Morgan fingerprint density at radius 1 is 0.800 bits per heavy atom. The van der Waals surface area contributed by atoms with Crippen LogP contribution in [0.1, 0.15) is 67.9 Å². The summed E-state index contributed by atoms with van der Waals surface area (Å²) in [6, 6.07) is 16.1. The highest BCUT2D eigenvalue weighted by atomic mass is 16.5. The molecule has 12 heteroatoms. The average molecular weight is 620 g/mol. The van der Waals surface area contributed by atoms with Gasteiger partial charge in [0.2, 0.25) is 17.8 Å². The number of carbonyl (C=O) groups is 3. The van der Waals surface area contributed by atoms with E-state index in [2.05, 4.69) is 43.1 Å². The summed E-state index contributed by atoms with van der Waals surface area (Å²) in [5.41, 5.74) is 2.67. The molecule has 45 heavy (non-hydrogen) atoms. The summed E-state index contributed by atoms with van der Waals surface area (Å²) >= 11 is 0. The molecule has 0 bridgehead atoms. The normalized spacial score (nSPS) is 11.4. The Morgan fingerprint density at radius 3 is 2.07 bits per heavy atom. The van der Waals surface area contributed by atoms with Crippen molar-refractivity contribution in [3.63, 3.8) is 0 Å². The molecule has 0 fully saturated rings. The summed E-state index contributed by atoms with van der Waals surface area (Å²) in [6.45, 7) is 8.99. The van der Waals surface area contributed by atoms with Crippen LogP contribution in [-0.2, 0) is 16.1 Å². The number of hydrogen-bond acceptors (Lipinski definition) is 9. The Morgan fingerprint density at radius 2 is 1.44 bits per heavy atom. The second-order valence-corrected chi connectivity index (χ2v) is 10.9. The minimum atomic E-state index is -0.661. The number of benzene rings is 2. The highest BCUT2D eigenvalue weighted by Gasteiger charge is 2.24. The third kappa shape index (κ3) is 12.8. The first-order chi connectivity index (χ1) is 21.7. The molecule has 242 valence electrons. The number of aryl methyl sites for hydroxylation is 1. The smallest absolute Gasteiger partial charge is 0.324 e. The molecule has 0 spiro atoms. The maximum atomic E-state index is 13.2. The number of rotatable bonds is 19. The van der Waals surface area contributed by atoms with Crippen LogP contribution in [0.15, 0.2) is 54.6 Å². The van der Waals surface area contributed by atoms with Gasteiger partial charge in [-0.25, -0.2) is 0 Å². The Hall–Kier alpha value is -4.74. The fourth-order valence-electron chi connectivity index (χ4n) is 4.17. The van der Waals surface area contributed by atoms with E-state index in [1.807, 2.05) is 51.1 Å². The van der Waals surface area contributed by atoms with E-state index in [1.165, 1.54) is 0 Å². The third-order valence-corrected chi connectivity index (χ3v) is 6.73. The average Bonchev–Trinajstić information content (AvgIpc) is 3.04. The first-order valence-corrected chi connectivity index (χ1v) is 15.5. The zero-order chi connectivity index (χ0) is 32.4. The Bertz CT molecular complexity index is 1350. The number of anilines is 1. The van der Waals surface area contributed by atoms with Crippen LogP contribution in [0.3, 0.4) is 0 Å². The zero-order valence-electron chi connectivity index (χ0n) is 26.6. The van der Waals surface area contributed by atoms with E-state index in [-0.39, 0.29) is 67.9 Å². The number of ether oxygens (including phenoxy) is 2. The summed E-state index contributed by atoms with van der Waals surface area (Å²) in [7, 11) is 0. The van der Waals surface area contributed by atoms with Crippen molar-refractivity contribution in [1.29, 1.82) is 0 Å². The van der Waals surface area contributed by atoms with Gasteiger partial charge < -0.3 is 30.7 Å². The van der Waals surface area contributed by atoms with Crippen LogP contribution in [0.25, 0.3) is 0 Å². The molecule has 2 aromatic carbocycles. The molecule has 3 aromatic rings. The van der Waals surface area contributed by atoms with Gasteiger partial charge in [-0.2, -0.15) is 9.97 Å². The van der Waals surface area contributed by atoms with E-state index in [4.69, 9.17) is 9.47 Å². The van der Waals surface area contributed by atoms with Gasteiger partial charge in [0, 0.05) is 18.5 Å². The van der Waals surface area contributed by atoms with Gasteiger partial charge in [-0.3, -0.25) is 14.4 Å². The molecular formula is C33H45N7O5. The fraction of sp³-hybridized carbons (Fsp3) is 0.455. The molecule has 3 rings (SSSR count). The molecule has 0 saturated carbocycles. The number of carbonyl (C=O) groups excluding carboxylic acids is 3. The zero-order valence-corrected chi connectivity index (χ0v) is 26.6. The fourth-order valence-corrected chi connectivity index (χ4v) is 4.17. The molecule has 3 amide bonds. The first-order valence-electron chi connectivity index (χ1n) is 15.5. The van der Waals surface area contributed by atoms with Crippen molar-refractivity contribution in [3.8, 4) is 12.0 Å². The SMILES string of the molecule is CCCCCC(=O)NCCOc1nc(N[C@H](C(=O)NCc2ccc(C)cc2)C(C)C)nc(OCCNC(=O)c2ccccc2)n1. The van der Waals surface area contributed by atoms with Crippen LogP contribution in [0.2, 0.25) is 0 Å². The van der Waals surface area contributed by atoms with Crippen LogP contribution in [-0.4, -0.2) is 65.0 Å². The van der Waals surface area contributed by atoms with Gasteiger partial charge in [0.15, 0.2) is 0 Å². The lowest BCUT2D eigenvalue weighted by molar-refractivity contribution is -0.123. The van der Waals surface area contributed by atoms with Gasteiger partial charge in [0.05, 0.1) is 13.1 Å². The van der Waals surface area contributed by atoms with E-state index in [0.29, 0.717) is 18.5 Å². The summed E-state index contributed by atoms with van der Waals surface area (Å²) in [5, 5.41) is 11.7. The maximum Gasteiger partial charge on any atom is 0.324 e. The number of aromatic nitrogens is 3. The summed E-state index contributed by atoms with van der Waals surface area (Å²) < 4.78 is 11.4. The molecule has 4 N–H and O–H groups in total. The Labute approximate surface area is 265 Å². The molecule has 0 unspecified atom stereocenters. The van der Waals surface area contributed by atoms with Gasteiger partial charge in [-0.05, 0) is 37.0 Å². The lowest BCUT2D eigenvalue weighted by atomic mass is 10.0. The number of amides is 3. The van der Waals surface area contributed by atoms with E-state index in [9.17, 15) is 14.4 Å². The van der Waals surface area contributed by atoms with Crippen molar-refractivity contribution in [3.05, 3.63) is 71.3 Å². The van der Waals surface area contributed by atoms with Crippen molar-refractivity contribution in [2.45, 2.75) is 66.0 Å². The highest BCUT2D eigenvalue weighted by molar-refractivity contribution is 5.94. The number of hydrogen-bond donors (Lipinski definition) is 4. The number of unbranched alkanes of at least 4 members (excludes halogenated alkanes) is 2. The second-order valence-electron chi connectivity index (χ2n) is 10.9. The quantitative estimate of drug-likeness (QED) is 0.147. The van der Waals surface area contributed by atoms with Gasteiger partial charge in [-0.1, -0.05) is 81.6 Å².